The average Bonchev–Trinajstić information content (AvgIpc) is 2.87. The van der Waals surface area contributed by atoms with Crippen LogP contribution in [-0.4, -0.2) is 59.7 Å². The maximum absolute atomic E-state index is 13.5. The number of nitrogens with one attached hydrogen (secondary N) is 1. The minimum Gasteiger partial charge on any atom is -0.341 e. The minimum absolute atomic E-state index is 0.0237. The van der Waals surface area contributed by atoms with Crippen molar-refractivity contribution in [2.75, 3.05) is 26.2 Å². The van der Waals surface area contributed by atoms with E-state index in [1.165, 1.54) is 0 Å². The molecule has 1 N–H and O–H groups in total. The summed E-state index contributed by atoms with van der Waals surface area (Å²) >= 11 is 6.24. The standard InChI is InChI=1S/C27H32ClN3O3/c1-19-9-3-4-10-21(19)26(33)31-17-13-20(14-18-31)24(27(34)30-15-7-2-8-16-30)29-25(32)22-11-5-6-12-23(22)28/h3-6,9-12,20,24H,2,7-8,13-18H2,1H3,(H,29,32)/t24-/m1/s1. The fraction of sp³-hybridized carbons (Fsp3) is 0.444. The number of hydrogen-bond donors (Lipinski definition) is 1. The van der Waals surface area contributed by atoms with E-state index in [9.17, 15) is 14.4 Å². The van der Waals surface area contributed by atoms with Gasteiger partial charge in [0.2, 0.25) is 5.91 Å². The number of likely N-dealkylation sites (tertiary alicyclic amines) is 2. The van der Waals surface area contributed by atoms with E-state index in [0.717, 1.165) is 37.9 Å². The third-order valence-electron chi connectivity index (χ3n) is 7.01. The summed E-state index contributed by atoms with van der Waals surface area (Å²) in [6.07, 6.45) is 4.41. The lowest BCUT2D eigenvalue weighted by Gasteiger charge is -2.38. The van der Waals surface area contributed by atoms with E-state index in [4.69, 9.17) is 11.6 Å². The first-order valence-corrected chi connectivity index (χ1v) is 12.5. The van der Waals surface area contributed by atoms with Crippen molar-refractivity contribution in [2.24, 2.45) is 5.92 Å². The van der Waals surface area contributed by atoms with Crippen LogP contribution in [-0.2, 0) is 4.79 Å². The Bertz CT molecular complexity index is 1040. The third kappa shape index (κ3) is 5.44. The van der Waals surface area contributed by atoms with E-state index in [2.05, 4.69) is 5.32 Å². The first kappa shape index (κ1) is 24.3. The predicted molar refractivity (Wildman–Crippen MR) is 133 cm³/mol. The Morgan fingerprint density at radius 1 is 0.853 bits per heavy atom. The molecule has 6 nitrogen and oxygen atoms in total. The van der Waals surface area contributed by atoms with Crippen LogP contribution in [0.4, 0.5) is 0 Å². The Morgan fingerprint density at radius 3 is 2.12 bits per heavy atom. The van der Waals surface area contributed by atoms with Crippen molar-refractivity contribution in [1.82, 2.24) is 15.1 Å². The molecule has 0 unspecified atom stereocenters. The normalized spacial score (nSPS) is 17.8. The summed E-state index contributed by atoms with van der Waals surface area (Å²) in [6.45, 7) is 4.51. The van der Waals surface area contributed by atoms with Crippen LogP contribution in [0, 0.1) is 12.8 Å². The fourth-order valence-corrected chi connectivity index (χ4v) is 5.20. The molecular formula is C27H32ClN3O3. The Kier molecular flexibility index (Phi) is 7.88. The second kappa shape index (κ2) is 11.0. The quantitative estimate of drug-likeness (QED) is 0.691. The van der Waals surface area contributed by atoms with Crippen LogP contribution < -0.4 is 5.32 Å². The molecule has 0 saturated carbocycles. The molecule has 2 aromatic carbocycles. The molecule has 180 valence electrons. The summed E-state index contributed by atoms with van der Waals surface area (Å²) in [5.74, 6) is -0.375. The van der Waals surface area contributed by atoms with Crippen LogP contribution in [0.3, 0.4) is 0 Å². The van der Waals surface area contributed by atoms with Gasteiger partial charge < -0.3 is 15.1 Å². The zero-order chi connectivity index (χ0) is 24.1. The van der Waals surface area contributed by atoms with Crippen LogP contribution in [0.1, 0.15) is 58.4 Å². The van der Waals surface area contributed by atoms with E-state index < -0.39 is 6.04 Å². The first-order valence-electron chi connectivity index (χ1n) is 12.1. The van der Waals surface area contributed by atoms with Gasteiger partial charge in [0.1, 0.15) is 6.04 Å². The summed E-state index contributed by atoms with van der Waals surface area (Å²) in [6, 6.07) is 13.9. The predicted octanol–water partition coefficient (Wildman–Crippen LogP) is 4.31. The first-order chi connectivity index (χ1) is 16.5. The van der Waals surface area contributed by atoms with E-state index >= 15 is 0 Å². The molecule has 2 heterocycles. The second-order valence-electron chi connectivity index (χ2n) is 9.26. The van der Waals surface area contributed by atoms with Gasteiger partial charge in [-0.15, -0.1) is 0 Å². The van der Waals surface area contributed by atoms with Gasteiger partial charge in [0.05, 0.1) is 10.6 Å². The van der Waals surface area contributed by atoms with Crippen LogP contribution in [0.5, 0.6) is 0 Å². The van der Waals surface area contributed by atoms with E-state index in [0.29, 0.717) is 42.1 Å². The SMILES string of the molecule is Cc1ccccc1C(=O)N1CCC([C@@H](NC(=O)c2ccccc2Cl)C(=O)N2CCCCC2)CC1. The van der Waals surface area contributed by atoms with Crippen LogP contribution in [0.25, 0.3) is 0 Å². The highest BCUT2D eigenvalue weighted by Gasteiger charge is 2.37. The fourth-order valence-electron chi connectivity index (χ4n) is 4.98. The van der Waals surface area contributed by atoms with Crippen molar-refractivity contribution >= 4 is 29.3 Å². The highest BCUT2D eigenvalue weighted by Crippen LogP contribution is 2.26. The lowest BCUT2D eigenvalue weighted by Crippen LogP contribution is -2.55. The minimum atomic E-state index is -0.627. The third-order valence-corrected chi connectivity index (χ3v) is 7.34. The van der Waals surface area contributed by atoms with Crippen LogP contribution in [0.2, 0.25) is 5.02 Å². The Morgan fingerprint density at radius 2 is 1.47 bits per heavy atom. The van der Waals surface area contributed by atoms with Gasteiger partial charge in [0.15, 0.2) is 0 Å². The molecule has 0 bridgehead atoms. The molecule has 2 fully saturated rings. The lowest BCUT2D eigenvalue weighted by atomic mass is 9.87. The maximum Gasteiger partial charge on any atom is 0.254 e. The molecule has 2 aromatic rings. The summed E-state index contributed by atoms with van der Waals surface area (Å²) in [7, 11) is 0. The van der Waals surface area contributed by atoms with Gasteiger partial charge in [-0.05, 0) is 68.7 Å². The van der Waals surface area contributed by atoms with Crippen molar-refractivity contribution in [2.45, 2.75) is 45.1 Å². The number of nitrogens with zero attached hydrogens (tertiary/aromatic N) is 2. The molecule has 1 atom stereocenters. The van der Waals surface area contributed by atoms with Gasteiger partial charge in [-0.2, -0.15) is 0 Å². The zero-order valence-electron chi connectivity index (χ0n) is 19.6. The number of aryl methyl sites for hydroxylation is 1. The number of hydrogen-bond acceptors (Lipinski definition) is 3. The highest BCUT2D eigenvalue weighted by atomic mass is 35.5. The number of benzene rings is 2. The Hall–Kier alpha value is -2.86. The number of carbonyl (C=O) groups excluding carboxylic acids is 3. The van der Waals surface area contributed by atoms with E-state index in [1.807, 2.05) is 41.0 Å². The molecule has 0 spiro atoms. The van der Waals surface area contributed by atoms with Crippen LogP contribution in [0.15, 0.2) is 48.5 Å². The molecule has 34 heavy (non-hydrogen) atoms. The monoisotopic (exact) mass is 481 g/mol. The molecule has 2 aliphatic rings. The van der Waals surface area contributed by atoms with Crippen molar-refractivity contribution in [3.63, 3.8) is 0 Å². The van der Waals surface area contributed by atoms with Gasteiger partial charge in [0, 0.05) is 31.7 Å². The van der Waals surface area contributed by atoms with E-state index in [-0.39, 0.29) is 23.6 Å². The summed E-state index contributed by atoms with van der Waals surface area (Å²) in [5, 5.41) is 3.37. The summed E-state index contributed by atoms with van der Waals surface area (Å²) in [5.41, 5.74) is 2.04. The molecule has 0 aliphatic carbocycles. The van der Waals surface area contributed by atoms with E-state index in [1.54, 1.807) is 24.3 Å². The molecular weight excluding hydrogens is 450 g/mol. The largest absolute Gasteiger partial charge is 0.341 e. The number of halogens is 1. The number of rotatable bonds is 5. The van der Waals surface area contributed by atoms with Gasteiger partial charge in [-0.1, -0.05) is 41.9 Å². The Balaban J connectivity index is 1.48. The summed E-state index contributed by atoms with van der Waals surface area (Å²) < 4.78 is 0. The van der Waals surface area contributed by atoms with Crippen molar-refractivity contribution < 1.29 is 14.4 Å². The maximum atomic E-state index is 13.5. The van der Waals surface area contributed by atoms with Gasteiger partial charge in [0.25, 0.3) is 11.8 Å². The van der Waals surface area contributed by atoms with Crippen molar-refractivity contribution in [1.29, 1.82) is 0 Å². The number of carbonyl (C=O) groups is 3. The summed E-state index contributed by atoms with van der Waals surface area (Å²) in [4.78, 5) is 43.4. The van der Waals surface area contributed by atoms with Gasteiger partial charge in [-0.3, -0.25) is 14.4 Å². The smallest absolute Gasteiger partial charge is 0.254 e. The average molecular weight is 482 g/mol. The van der Waals surface area contributed by atoms with Gasteiger partial charge in [-0.25, -0.2) is 0 Å². The molecule has 2 aliphatic heterocycles. The Labute approximate surface area is 206 Å². The second-order valence-corrected chi connectivity index (χ2v) is 9.67. The molecule has 2 saturated heterocycles. The molecule has 7 heteroatoms. The van der Waals surface area contributed by atoms with Crippen LogP contribution >= 0.6 is 11.6 Å². The van der Waals surface area contributed by atoms with Crippen molar-refractivity contribution in [3.8, 4) is 0 Å². The number of amides is 3. The number of piperidine rings is 2. The lowest BCUT2D eigenvalue weighted by molar-refractivity contribution is -0.136. The van der Waals surface area contributed by atoms with Crippen molar-refractivity contribution in [3.05, 3.63) is 70.2 Å². The molecule has 3 amide bonds. The topological polar surface area (TPSA) is 69.7 Å². The molecule has 0 aromatic heterocycles. The zero-order valence-corrected chi connectivity index (χ0v) is 20.4. The molecule has 0 radical (unpaired) electrons. The molecule has 4 rings (SSSR count). The van der Waals surface area contributed by atoms with Gasteiger partial charge >= 0.3 is 0 Å². The highest BCUT2D eigenvalue weighted by molar-refractivity contribution is 6.33.